The third-order valence-corrected chi connectivity index (χ3v) is 7.41. The average molecular weight is 577 g/mol. The summed E-state index contributed by atoms with van der Waals surface area (Å²) in [5.74, 6) is 1.35. The Labute approximate surface area is 243 Å². The van der Waals surface area contributed by atoms with E-state index in [1.54, 1.807) is 37.7 Å². The minimum absolute atomic E-state index is 0.0562. The van der Waals surface area contributed by atoms with Crippen LogP contribution < -0.4 is 29.1 Å². The number of nitrogens with zero attached hydrogens (tertiary/aromatic N) is 2. The van der Waals surface area contributed by atoms with E-state index in [1.807, 2.05) is 57.2 Å². The lowest BCUT2D eigenvalue weighted by Gasteiger charge is -2.25. The Kier molecular flexibility index (Phi) is 9.50. The lowest BCUT2D eigenvalue weighted by atomic mass is 9.95. The minimum atomic E-state index is -0.758. The number of hydrogen-bond acceptors (Lipinski definition) is 8. The molecule has 0 bridgehead atoms. The molecule has 0 aliphatic carbocycles. The number of fused-ring (bicyclic) bond motifs is 1. The molecule has 1 aliphatic rings. The van der Waals surface area contributed by atoms with Crippen LogP contribution in [0, 0.1) is 0 Å². The van der Waals surface area contributed by atoms with E-state index in [0.29, 0.717) is 50.7 Å². The van der Waals surface area contributed by atoms with Gasteiger partial charge in [-0.25, -0.2) is 9.79 Å². The lowest BCUT2D eigenvalue weighted by Crippen LogP contribution is -2.40. The van der Waals surface area contributed by atoms with Crippen molar-refractivity contribution in [2.24, 2.45) is 4.99 Å². The van der Waals surface area contributed by atoms with E-state index in [1.165, 1.54) is 11.3 Å². The fraction of sp³-hybridized carbons (Fsp3) is 0.344. The summed E-state index contributed by atoms with van der Waals surface area (Å²) in [6, 6.07) is 10.5. The van der Waals surface area contributed by atoms with Crippen LogP contribution in [0.2, 0.25) is 0 Å². The van der Waals surface area contributed by atoms with Crippen LogP contribution in [0.1, 0.15) is 57.4 Å². The molecule has 0 radical (unpaired) electrons. The third kappa shape index (κ3) is 6.30. The molecule has 0 unspecified atom stereocenters. The molecule has 0 saturated heterocycles. The molecule has 0 N–H and O–H groups in total. The van der Waals surface area contributed by atoms with E-state index in [0.717, 1.165) is 16.9 Å². The summed E-state index contributed by atoms with van der Waals surface area (Å²) >= 11 is 1.28. The first-order valence-electron chi connectivity index (χ1n) is 13.6. The lowest BCUT2D eigenvalue weighted by molar-refractivity contribution is -0.139. The molecule has 9 heteroatoms. The Morgan fingerprint density at radius 1 is 1.12 bits per heavy atom. The molecule has 3 aromatic rings. The minimum Gasteiger partial charge on any atom is -0.494 e. The number of carbonyl (C=O) groups is 1. The molecule has 1 aromatic heterocycles. The maximum absolute atomic E-state index is 14.0. The summed E-state index contributed by atoms with van der Waals surface area (Å²) in [6.45, 7) is 13.9. The molecule has 2 heterocycles. The van der Waals surface area contributed by atoms with Crippen LogP contribution >= 0.6 is 11.3 Å². The van der Waals surface area contributed by atoms with Gasteiger partial charge < -0.3 is 18.9 Å². The van der Waals surface area contributed by atoms with Gasteiger partial charge in [-0.05, 0) is 88.1 Å². The molecule has 0 fully saturated rings. The standard InChI is InChI=1S/C32H36N2O6S/c1-8-11-22-16-21(12-14-24(22)38-9-2)17-27-30(35)34-29(23-13-15-25(40-19(4)5)26(18-23)37-7)28(31(36)39-10-3)20(6)33-32(34)41-27/h8,12-19,29H,1,9-11H2,2-7H3/b27-17-/t29-/m0/s1. The zero-order valence-electron chi connectivity index (χ0n) is 24.4. The van der Waals surface area contributed by atoms with Crippen molar-refractivity contribution in [1.29, 1.82) is 0 Å². The van der Waals surface area contributed by atoms with E-state index in [2.05, 4.69) is 11.6 Å². The SMILES string of the molecule is C=CCc1cc(/C=c2\sc3n(c2=O)[C@@H](c2ccc(OC(C)C)c(OC)c2)C(C(=O)OCC)=C(C)N=3)ccc1OCC. The molecule has 4 rings (SSSR count). The Bertz CT molecular complexity index is 1660. The van der Waals surface area contributed by atoms with Gasteiger partial charge in [0, 0.05) is 0 Å². The molecule has 2 aromatic carbocycles. The van der Waals surface area contributed by atoms with Crippen molar-refractivity contribution in [3.8, 4) is 17.2 Å². The molecule has 0 amide bonds. The number of aromatic nitrogens is 1. The van der Waals surface area contributed by atoms with Gasteiger partial charge in [-0.3, -0.25) is 9.36 Å². The van der Waals surface area contributed by atoms with Crippen molar-refractivity contribution in [2.45, 2.75) is 53.2 Å². The molecule has 0 saturated carbocycles. The molecule has 41 heavy (non-hydrogen) atoms. The summed E-state index contributed by atoms with van der Waals surface area (Å²) in [5.41, 5.74) is 3.06. The number of hydrogen-bond donors (Lipinski definition) is 0. The van der Waals surface area contributed by atoms with Crippen molar-refractivity contribution in [3.05, 3.63) is 96.7 Å². The van der Waals surface area contributed by atoms with E-state index < -0.39 is 12.0 Å². The molecule has 1 atom stereocenters. The molecule has 216 valence electrons. The van der Waals surface area contributed by atoms with Gasteiger partial charge in [-0.15, -0.1) is 6.58 Å². The number of allylic oxidation sites excluding steroid dienone is 2. The van der Waals surface area contributed by atoms with Gasteiger partial charge in [0.15, 0.2) is 16.3 Å². The fourth-order valence-corrected chi connectivity index (χ4v) is 5.81. The highest BCUT2D eigenvalue weighted by Crippen LogP contribution is 2.36. The van der Waals surface area contributed by atoms with Gasteiger partial charge in [0.2, 0.25) is 0 Å². The molecular formula is C32H36N2O6S. The average Bonchev–Trinajstić information content (AvgIpc) is 3.23. The van der Waals surface area contributed by atoms with Gasteiger partial charge >= 0.3 is 5.97 Å². The topological polar surface area (TPSA) is 88.4 Å². The van der Waals surface area contributed by atoms with Crippen LogP contribution in [-0.2, 0) is 16.0 Å². The van der Waals surface area contributed by atoms with Crippen LogP contribution in [-0.4, -0.2) is 37.0 Å². The highest BCUT2D eigenvalue weighted by atomic mass is 32.1. The van der Waals surface area contributed by atoms with E-state index in [-0.39, 0.29) is 18.3 Å². The van der Waals surface area contributed by atoms with Crippen molar-refractivity contribution in [1.82, 2.24) is 4.57 Å². The molecule has 1 aliphatic heterocycles. The number of thiazole rings is 1. The summed E-state index contributed by atoms with van der Waals surface area (Å²) in [5, 5.41) is 0. The van der Waals surface area contributed by atoms with Crippen molar-refractivity contribution < 1.29 is 23.7 Å². The number of methoxy groups -OCH3 is 1. The van der Waals surface area contributed by atoms with Crippen LogP contribution in [0.3, 0.4) is 0 Å². The van der Waals surface area contributed by atoms with Gasteiger partial charge in [0.1, 0.15) is 5.75 Å². The Hall–Kier alpha value is -4.11. The molecule has 0 spiro atoms. The van der Waals surface area contributed by atoms with Crippen LogP contribution in [0.5, 0.6) is 17.2 Å². The van der Waals surface area contributed by atoms with Gasteiger partial charge in [0.05, 0.1) is 48.3 Å². The second kappa shape index (κ2) is 13.0. The van der Waals surface area contributed by atoms with Gasteiger partial charge in [0.25, 0.3) is 5.56 Å². The first-order chi connectivity index (χ1) is 19.7. The quantitative estimate of drug-likeness (QED) is 0.243. The van der Waals surface area contributed by atoms with Crippen molar-refractivity contribution in [3.63, 3.8) is 0 Å². The second-order valence-electron chi connectivity index (χ2n) is 9.67. The summed E-state index contributed by atoms with van der Waals surface area (Å²) in [4.78, 5) is 32.4. The number of esters is 1. The monoisotopic (exact) mass is 576 g/mol. The second-order valence-corrected chi connectivity index (χ2v) is 10.7. The van der Waals surface area contributed by atoms with Gasteiger partial charge in [-0.2, -0.15) is 0 Å². The summed E-state index contributed by atoms with van der Waals surface area (Å²) < 4.78 is 24.7. The summed E-state index contributed by atoms with van der Waals surface area (Å²) in [6.07, 6.45) is 4.24. The van der Waals surface area contributed by atoms with Crippen LogP contribution in [0.25, 0.3) is 6.08 Å². The number of rotatable bonds is 11. The predicted octanol–water partition coefficient (Wildman–Crippen LogP) is 4.72. The van der Waals surface area contributed by atoms with E-state index >= 15 is 0 Å². The third-order valence-electron chi connectivity index (χ3n) is 6.43. The highest BCUT2D eigenvalue weighted by molar-refractivity contribution is 7.07. The fourth-order valence-electron chi connectivity index (χ4n) is 4.76. The number of ether oxygens (including phenoxy) is 4. The summed E-state index contributed by atoms with van der Waals surface area (Å²) in [7, 11) is 1.56. The van der Waals surface area contributed by atoms with E-state index in [4.69, 9.17) is 18.9 Å². The largest absolute Gasteiger partial charge is 0.494 e. The zero-order chi connectivity index (χ0) is 29.7. The number of benzene rings is 2. The predicted molar refractivity (Wildman–Crippen MR) is 161 cm³/mol. The van der Waals surface area contributed by atoms with Crippen LogP contribution in [0.15, 0.2) is 70.1 Å². The van der Waals surface area contributed by atoms with Crippen LogP contribution in [0.4, 0.5) is 0 Å². The number of carbonyl (C=O) groups excluding carboxylic acids is 1. The Morgan fingerprint density at radius 2 is 1.88 bits per heavy atom. The smallest absolute Gasteiger partial charge is 0.338 e. The first-order valence-corrected chi connectivity index (χ1v) is 14.4. The van der Waals surface area contributed by atoms with Gasteiger partial charge in [-0.1, -0.05) is 29.5 Å². The van der Waals surface area contributed by atoms with E-state index in [9.17, 15) is 9.59 Å². The zero-order valence-corrected chi connectivity index (χ0v) is 25.2. The molecule has 8 nitrogen and oxygen atoms in total. The first kappa shape index (κ1) is 29.9. The normalized spacial score (nSPS) is 14.9. The Morgan fingerprint density at radius 3 is 2.54 bits per heavy atom. The molecular weight excluding hydrogens is 540 g/mol. The maximum atomic E-state index is 14.0. The highest BCUT2D eigenvalue weighted by Gasteiger charge is 2.34. The maximum Gasteiger partial charge on any atom is 0.338 e. The van der Waals surface area contributed by atoms with Crippen molar-refractivity contribution in [2.75, 3.05) is 20.3 Å². The Balaban J connectivity index is 1.91. The van der Waals surface area contributed by atoms with Crippen molar-refractivity contribution >= 4 is 23.4 Å².